The Morgan fingerprint density at radius 2 is 1.76 bits per heavy atom. The predicted molar refractivity (Wildman–Crippen MR) is 111 cm³/mol. The summed E-state index contributed by atoms with van der Waals surface area (Å²) in [5, 5.41) is 19.8. The molecule has 29 heavy (non-hydrogen) atoms. The molecule has 0 spiro atoms. The van der Waals surface area contributed by atoms with Gasteiger partial charge in [0, 0.05) is 23.5 Å². The van der Waals surface area contributed by atoms with Gasteiger partial charge in [-0.1, -0.05) is 24.3 Å². The number of anilines is 4. The van der Waals surface area contributed by atoms with Gasteiger partial charge in [-0.25, -0.2) is 4.39 Å². The van der Waals surface area contributed by atoms with Crippen LogP contribution in [0.2, 0.25) is 0 Å². The van der Waals surface area contributed by atoms with Gasteiger partial charge in [0.05, 0.1) is 22.8 Å². The average Bonchev–Trinajstić information content (AvgIpc) is 2.70. The third kappa shape index (κ3) is 5.29. The molecule has 0 aliphatic heterocycles. The van der Waals surface area contributed by atoms with Crippen molar-refractivity contribution in [1.29, 1.82) is 0 Å². The number of halogens is 1. The number of nitro benzene ring substituents is 1. The Balaban J connectivity index is 1.75. The van der Waals surface area contributed by atoms with Gasteiger partial charge in [0.15, 0.2) is 0 Å². The molecule has 0 heterocycles. The molecule has 7 nitrogen and oxygen atoms in total. The second-order valence-corrected chi connectivity index (χ2v) is 6.34. The lowest BCUT2D eigenvalue weighted by Gasteiger charge is -2.14. The fraction of sp³-hybridized carbons (Fsp3) is 0.0952. The minimum atomic E-state index is -0.506. The number of amides is 1. The molecule has 0 radical (unpaired) electrons. The Hall–Kier alpha value is -3.94. The van der Waals surface area contributed by atoms with Crippen LogP contribution >= 0.6 is 0 Å². The van der Waals surface area contributed by atoms with E-state index >= 15 is 0 Å². The molecule has 3 aromatic carbocycles. The van der Waals surface area contributed by atoms with Crippen LogP contribution in [-0.4, -0.2) is 17.4 Å². The highest BCUT2D eigenvalue weighted by Gasteiger charge is 2.13. The first-order valence-corrected chi connectivity index (χ1v) is 8.83. The average molecular weight is 394 g/mol. The first-order valence-electron chi connectivity index (χ1n) is 8.83. The van der Waals surface area contributed by atoms with E-state index in [1.807, 2.05) is 30.3 Å². The van der Waals surface area contributed by atoms with Gasteiger partial charge >= 0.3 is 0 Å². The second-order valence-electron chi connectivity index (χ2n) is 6.34. The molecular formula is C21H19FN4O3. The molecule has 148 valence electrons. The highest BCUT2D eigenvalue weighted by molar-refractivity contribution is 5.95. The number of carbonyl (C=O) groups excluding carboxylic acids is 1. The smallest absolute Gasteiger partial charge is 0.271 e. The lowest BCUT2D eigenvalue weighted by Crippen LogP contribution is -2.22. The maximum atomic E-state index is 13.4. The number of rotatable bonds is 7. The van der Waals surface area contributed by atoms with E-state index in [9.17, 15) is 19.3 Å². The van der Waals surface area contributed by atoms with Gasteiger partial charge in [-0.2, -0.15) is 0 Å². The molecular weight excluding hydrogens is 375 g/mol. The van der Waals surface area contributed by atoms with Crippen LogP contribution in [0.3, 0.4) is 0 Å². The Morgan fingerprint density at radius 1 is 1.00 bits per heavy atom. The van der Waals surface area contributed by atoms with E-state index < -0.39 is 16.6 Å². The minimum Gasteiger partial charge on any atom is -0.374 e. The Labute approximate surface area is 166 Å². The number of aryl methyl sites for hydroxylation is 1. The van der Waals surface area contributed by atoms with Crippen LogP contribution in [0.15, 0.2) is 66.7 Å². The second kappa shape index (κ2) is 8.83. The van der Waals surface area contributed by atoms with Crippen LogP contribution in [0, 0.1) is 22.9 Å². The summed E-state index contributed by atoms with van der Waals surface area (Å²) >= 11 is 0. The predicted octanol–water partition coefficient (Wildman–Crippen LogP) is 4.84. The number of para-hydroxylation sites is 1. The summed E-state index contributed by atoms with van der Waals surface area (Å²) in [5.74, 6) is -0.859. The summed E-state index contributed by atoms with van der Waals surface area (Å²) in [6, 6.07) is 17.7. The quantitative estimate of drug-likeness (QED) is 0.394. The molecule has 0 saturated heterocycles. The monoisotopic (exact) mass is 394 g/mol. The summed E-state index contributed by atoms with van der Waals surface area (Å²) in [4.78, 5) is 22.9. The number of hydrogen-bond acceptors (Lipinski definition) is 5. The molecule has 0 aromatic heterocycles. The standard InChI is InChI=1S/C21H19FN4O3/c1-14-7-8-15(22)11-19(14)25-21(27)13-23-20-12-17(26(28)29)9-10-18(20)24-16-5-3-2-4-6-16/h2-12,23-24H,13H2,1H3,(H,25,27). The first kappa shape index (κ1) is 19.8. The topological polar surface area (TPSA) is 96.3 Å². The van der Waals surface area contributed by atoms with Crippen molar-refractivity contribution in [3.8, 4) is 0 Å². The number of benzene rings is 3. The lowest BCUT2D eigenvalue weighted by atomic mass is 10.2. The van der Waals surface area contributed by atoms with E-state index in [1.165, 1.54) is 24.3 Å². The summed E-state index contributed by atoms with van der Waals surface area (Å²) in [6.07, 6.45) is 0. The number of hydrogen-bond donors (Lipinski definition) is 3. The summed E-state index contributed by atoms with van der Waals surface area (Å²) < 4.78 is 13.4. The molecule has 3 N–H and O–H groups in total. The molecule has 1 amide bonds. The van der Waals surface area contributed by atoms with Crippen LogP contribution < -0.4 is 16.0 Å². The SMILES string of the molecule is Cc1ccc(F)cc1NC(=O)CNc1cc([N+](=O)[O-])ccc1Nc1ccccc1. The van der Waals surface area contributed by atoms with Gasteiger partial charge in [0.1, 0.15) is 5.82 Å². The minimum absolute atomic E-state index is 0.104. The van der Waals surface area contributed by atoms with E-state index in [4.69, 9.17) is 0 Å². The number of non-ortho nitro benzene ring substituents is 1. The third-order valence-corrected chi connectivity index (χ3v) is 4.18. The van der Waals surface area contributed by atoms with Crippen molar-refractivity contribution in [3.63, 3.8) is 0 Å². The molecule has 0 aliphatic carbocycles. The molecule has 0 aliphatic rings. The number of carbonyl (C=O) groups is 1. The van der Waals surface area contributed by atoms with Gasteiger partial charge < -0.3 is 16.0 Å². The normalized spacial score (nSPS) is 10.3. The molecule has 3 rings (SSSR count). The fourth-order valence-electron chi connectivity index (χ4n) is 2.68. The largest absolute Gasteiger partial charge is 0.374 e. The first-order chi connectivity index (χ1) is 13.9. The summed E-state index contributed by atoms with van der Waals surface area (Å²) in [7, 11) is 0. The van der Waals surface area contributed by atoms with E-state index in [0.717, 1.165) is 11.3 Å². The lowest BCUT2D eigenvalue weighted by molar-refractivity contribution is -0.384. The molecule has 3 aromatic rings. The van der Waals surface area contributed by atoms with Crippen molar-refractivity contribution in [2.45, 2.75) is 6.92 Å². The van der Waals surface area contributed by atoms with Crippen molar-refractivity contribution in [2.75, 3.05) is 22.5 Å². The zero-order valence-electron chi connectivity index (χ0n) is 15.6. The zero-order valence-corrected chi connectivity index (χ0v) is 15.6. The third-order valence-electron chi connectivity index (χ3n) is 4.18. The highest BCUT2D eigenvalue weighted by atomic mass is 19.1. The maximum absolute atomic E-state index is 13.4. The molecule has 0 saturated carbocycles. The van der Waals surface area contributed by atoms with Crippen molar-refractivity contribution >= 4 is 34.3 Å². The van der Waals surface area contributed by atoms with E-state index in [0.29, 0.717) is 17.1 Å². The van der Waals surface area contributed by atoms with Gasteiger partial charge in [-0.15, -0.1) is 0 Å². The van der Waals surface area contributed by atoms with E-state index in [1.54, 1.807) is 19.1 Å². The zero-order chi connectivity index (χ0) is 20.8. The maximum Gasteiger partial charge on any atom is 0.271 e. The van der Waals surface area contributed by atoms with Gasteiger partial charge in [0.25, 0.3) is 5.69 Å². The molecule has 0 atom stereocenters. The van der Waals surface area contributed by atoms with Crippen molar-refractivity contribution in [3.05, 3.63) is 88.2 Å². The van der Waals surface area contributed by atoms with Crippen LogP contribution in [-0.2, 0) is 4.79 Å². The van der Waals surface area contributed by atoms with Gasteiger partial charge in [0.2, 0.25) is 5.91 Å². The van der Waals surface area contributed by atoms with Crippen LogP contribution in [0.4, 0.5) is 32.8 Å². The summed E-state index contributed by atoms with van der Waals surface area (Å²) in [5.41, 5.74) is 2.77. The van der Waals surface area contributed by atoms with Crippen LogP contribution in [0.25, 0.3) is 0 Å². The summed E-state index contributed by atoms with van der Waals surface area (Å²) in [6.45, 7) is 1.60. The number of nitrogens with zero attached hydrogens (tertiary/aromatic N) is 1. The Kier molecular flexibility index (Phi) is 6.03. The molecule has 0 fully saturated rings. The molecule has 8 heteroatoms. The van der Waals surface area contributed by atoms with E-state index in [-0.39, 0.29) is 12.2 Å². The Morgan fingerprint density at radius 3 is 2.48 bits per heavy atom. The fourth-order valence-corrected chi connectivity index (χ4v) is 2.68. The number of nitro groups is 1. The van der Waals surface area contributed by atoms with E-state index in [2.05, 4.69) is 16.0 Å². The van der Waals surface area contributed by atoms with Crippen molar-refractivity contribution in [1.82, 2.24) is 0 Å². The van der Waals surface area contributed by atoms with Crippen LogP contribution in [0.5, 0.6) is 0 Å². The highest BCUT2D eigenvalue weighted by Crippen LogP contribution is 2.29. The Bertz CT molecular complexity index is 1040. The van der Waals surface area contributed by atoms with Gasteiger partial charge in [-0.3, -0.25) is 14.9 Å². The van der Waals surface area contributed by atoms with Crippen molar-refractivity contribution in [2.24, 2.45) is 0 Å². The molecule has 0 unspecified atom stereocenters. The number of nitrogens with one attached hydrogen (secondary N) is 3. The molecule has 0 bridgehead atoms. The van der Waals surface area contributed by atoms with Crippen LogP contribution in [0.1, 0.15) is 5.56 Å². The van der Waals surface area contributed by atoms with Gasteiger partial charge in [-0.05, 0) is 42.8 Å². The van der Waals surface area contributed by atoms with Crippen molar-refractivity contribution < 1.29 is 14.1 Å².